The van der Waals surface area contributed by atoms with Gasteiger partial charge in [-0.05, 0) is 25.0 Å². The largest absolute Gasteiger partial charge is 0.395 e. The molecule has 4 nitrogen and oxygen atoms in total. The van der Waals surface area contributed by atoms with Crippen LogP contribution in [-0.2, 0) is 0 Å². The van der Waals surface area contributed by atoms with E-state index < -0.39 is 12.1 Å². The summed E-state index contributed by atoms with van der Waals surface area (Å²) in [6.07, 6.45) is 1.82. The lowest BCUT2D eigenvalue weighted by Crippen LogP contribution is -2.21. The fraction of sp³-hybridized carbons (Fsp3) is 0.438. The zero-order chi connectivity index (χ0) is 16.4. The van der Waals surface area contributed by atoms with E-state index in [0.717, 1.165) is 6.54 Å². The number of pyridine rings is 1. The molecule has 2 unspecified atom stereocenters. The third-order valence-corrected chi connectivity index (χ3v) is 3.84. The van der Waals surface area contributed by atoms with Gasteiger partial charge >= 0.3 is 6.18 Å². The lowest BCUT2D eigenvalue weighted by atomic mass is 9.97. The zero-order valence-corrected chi connectivity index (χ0v) is 12.6. The van der Waals surface area contributed by atoms with E-state index in [1.54, 1.807) is 25.4 Å². The number of hydrogen-bond acceptors (Lipinski definition) is 4. The molecular weight excluding hydrogens is 305 g/mol. The predicted molar refractivity (Wildman–Crippen MR) is 84.4 cm³/mol. The molecular formula is C16H17F3N4. The Morgan fingerprint density at radius 1 is 1.39 bits per heavy atom. The first kappa shape index (κ1) is 15.9. The molecule has 2 aliphatic heterocycles. The van der Waals surface area contributed by atoms with Crippen molar-refractivity contribution in [1.29, 1.82) is 0 Å². The first-order chi connectivity index (χ1) is 10.9. The highest BCUT2D eigenvalue weighted by Crippen LogP contribution is 2.35. The first-order valence-corrected chi connectivity index (χ1v) is 7.47. The topological polar surface area (TPSA) is 59.5 Å². The van der Waals surface area contributed by atoms with Gasteiger partial charge in [0, 0.05) is 37.3 Å². The highest BCUT2D eigenvalue weighted by Gasteiger charge is 2.38. The Bertz CT molecular complexity index is 672. The summed E-state index contributed by atoms with van der Waals surface area (Å²) >= 11 is 0. The standard InChI is InChI=1S/C16H17F3N4/c1-10-15(23-9-13-8-22-13)14(3-5-21-10)11-6-12(16(17,18)19)2-4-20-7-11/h3,5-7,9,12-13,22H,2,4,8H2,1H3. The van der Waals surface area contributed by atoms with Crippen LogP contribution in [0.15, 0.2) is 28.3 Å². The minimum absolute atomic E-state index is 0.0296. The number of hydrogen-bond donors (Lipinski definition) is 1. The van der Waals surface area contributed by atoms with Crippen molar-refractivity contribution in [2.45, 2.75) is 25.6 Å². The van der Waals surface area contributed by atoms with Crippen molar-refractivity contribution in [3.63, 3.8) is 0 Å². The van der Waals surface area contributed by atoms with Crippen LogP contribution in [0.25, 0.3) is 5.57 Å². The van der Waals surface area contributed by atoms with Crippen molar-refractivity contribution in [3.8, 4) is 0 Å². The monoisotopic (exact) mass is 322 g/mol. The molecule has 2 atom stereocenters. The van der Waals surface area contributed by atoms with Crippen LogP contribution in [0.3, 0.4) is 0 Å². The van der Waals surface area contributed by atoms with Gasteiger partial charge in [-0.15, -0.1) is 0 Å². The second-order valence-corrected chi connectivity index (χ2v) is 5.68. The van der Waals surface area contributed by atoms with E-state index >= 15 is 0 Å². The predicted octanol–water partition coefficient (Wildman–Crippen LogP) is 3.10. The van der Waals surface area contributed by atoms with Gasteiger partial charge in [0.05, 0.1) is 23.3 Å². The molecule has 1 saturated heterocycles. The highest BCUT2D eigenvalue weighted by molar-refractivity contribution is 6.12. The fourth-order valence-corrected chi connectivity index (χ4v) is 2.43. The third-order valence-electron chi connectivity index (χ3n) is 3.84. The number of allylic oxidation sites excluding steroid dienone is 2. The Hall–Kier alpha value is -2.02. The van der Waals surface area contributed by atoms with Gasteiger partial charge in [-0.3, -0.25) is 15.0 Å². The number of rotatable bonds is 3. The van der Waals surface area contributed by atoms with Crippen molar-refractivity contribution in [2.24, 2.45) is 15.9 Å². The van der Waals surface area contributed by atoms with Crippen LogP contribution in [0.1, 0.15) is 17.7 Å². The summed E-state index contributed by atoms with van der Waals surface area (Å²) in [5.41, 5.74) is 2.36. The molecule has 0 radical (unpaired) electrons. The second-order valence-electron chi connectivity index (χ2n) is 5.68. The normalized spacial score (nSPS) is 24.6. The molecule has 7 heteroatoms. The van der Waals surface area contributed by atoms with Crippen molar-refractivity contribution in [3.05, 3.63) is 29.6 Å². The van der Waals surface area contributed by atoms with Crippen LogP contribution < -0.4 is 5.32 Å². The lowest BCUT2D eigenvalue weighted by Gasteiger charge is -2.16. The van der Waals surface area contributed by atoms with E-state index in [1.165, 1.54) is 12.3 Å². The average Bonchev–Trinajstić information content (AvgIpc) is 3.31. The van der Waals surface area contributed by atoms with Crippen LogP contribution in [0, 0.1) is 12.8 Å². The Morgan fingerprint density at radius 3 is 2.87 bits per heavy atom. The molecule has 23 heavy (non-hydrogen) atoms. The molecule has 1 N–H and O–H groups in total. The molecule has 122 valence electrons. The minimum Gasteiger partial charge on any atom is -0.306 e. The summed E-state index contributed by atoms with van der Waals surface area (Å²) in [4.78, 5) is 12.7. The summed E-state index contributed by atoms with van der Waals surface area (Å²) in [7, 11) is 0. The van der Waals surface area contributed by atoms with Gasteiger partial charge < -0.3 is 5.32 Å². The van der Waals surface area contributed by atoms with Crippen molar-refractivity contribution in [1.82, 2.24) is 10.3 Å². The number of aliphatic imine (C=N–C) groups is 2. The average molecular weight is 322 g/mol. The molecule has 3 heterocycles. The molecule has 1 aromatic rings. The summed E-state index contributed by atoms with van der Waals surface area (Å²) < 4.78 is 39.3. The smallest absolute Gasteiger partial charge is 0.306 e. The van der Waals surface area contributed by atoms with Crippen LogP contribution >= 0.6 is 0 Å². The molecule has 0 aliphatic carbocycles. The molecule has 2 aliphatic rings. The molecule has 1 aromatic heterocycles. The zero-order valence-electron chi connectivity index (χ0n) is 12.6. The van der Waals surface area contributed by atoms with Crippen molar-refractivity contribution < 1.29 is 13.2 Å². The highest BCUT2D eigenvalue weighted by atomic mass is 19.4. The minimum atomic E-state index is -4.26. The summed E-state index contributed by atoms with van der Waals surface area (Å²) in [5, 5.41) is 3.10. The van der Waals surface area contributed by atoms with Crippen molar-refractivity contribution >= 4 is 23.7 Å². The van der Waals surface area contributed by atoms with E-state index in [0.29, 0.717) is 22.5 Å². The van der Waals surface area contributed by atoms with Gasteiger partial charge in [0.1, 0.15) is 0 Å². The van der Waals surface area contributed by atoms with Gasteiger partial charge in [0.2, 0.25) is 0 Å². The molecule has 0 aromatic carbocycles. The van der Waals surface area contributed by atoms with Crippen LogP contribution in [0.5, 0.6) is 0 Å². The van der Waals surface area contributed by atoms with Gasteiger partial charge in [0.25, 0.3) is 0 Å². The van der Waals surface area contributed by atoms with E-state index in [2.05, 4.69) is 20.3 Å². The summed E-state index contributed by atoms with van der Waals surface area (Å²) in [6.45, 7) is 2.84. The Balaban J connectivity index is 2.01. The summed E-state index contributed by atoms with van der Waals surface area (Å²) in [5.74, 6) is -1.49. The fourth-order valence-electron chi connectivity index (χ4n) is 2.43. The van der Waals surface area contributed by atoms with Crippen LogP contribution in [-0.4, -0.2) is 42.7 Å². The SMILES string of the molecule is Cc1nccc(C2=CC(C(F)(F)F)CCN=C2)c1N=CC1CN1. The second kappa shape index (κ2) is 6.23. The van der Waals surface area contributed by atoms with Crippen LogP contribution in [0.2, 0.25) is 0 Å². The molecule has 0 spiro atoms. The van der Waals surface area contributed by atoms with Gasteiger partial charge in [-0.2, -0.15) is 13.2 Å². The summed E-state index contributed by atoms with van der Waals surface area (Å²) in [6, 6.07) is 1.93. The van der Waals surface area contributed by atoms with Crippen molar-refractivity contribution in [2.75, 3.05) is 13.1 Å². The maximum atomic E-state index is 13.1. The van der Waals surface area contributed by atoms with E-state index in [9.17, 15) is 13.2 Å². The molecule has 1 fully saturated rings. The number of alkyl halides is 3. The quantitative estimate of drug-likeness (QED) is 0.687. The van der Waals surface area contributed by atoms with Gasteiger partial charge in [-0.25, -0.2) is 0 Å². The molecule has 0 amide bonds. The number of halogens is 3. The number of nitrogens with one attached hydrogen (secondary N) is 1. The number of aryl methyl sites for hydroxylation is 1. The molecule has 0 saturated carbocycles. The number of nitrogens with zero attached hydrogens (tertiary/aromatic N) is 3. The van der Waals surface area contributed by atoms with Gasteiger partial charge in [-0.1, -0.05) is 6.08 Å². The lowest BCUT2D eigenvalue weighted by molar-refractivity contribution is -0.161. The molecule has 0 bridgehead atoms. The van der Waals surface area contributed by atoms with E-state index in [1.807, 2.05) is 0 Å². The first-order valence-electron chi connectivity index (χ1n) is 7.47. The molecule has 3 rings (SSSR count). The van der Waals surface area contributed by atoms with E-state index in [-0.39, 0.29) is 19.0 Å². The maximum Gasteiger partial charge on any atom is 0.395 e. The van der Waals surface area contributed by atoms with E-state index in [4.69, 9.17) is 0 Å². The van der Waals surface area contributed by atoms with Gasteiger partial charge in [0.15, 0.2) is 0 Å². The Morgan fingerprint density at radius 2 is 2.17 bits per heavy atom. The number of aromatic nitrogens is 1. The Labute approximate surface area is 132 Å². The Kier molecular flexibility index (Phi) is 4.30. The third kappa shape index (κ3) is 3.85. The maximum absolute atomic E-state index is 13.1. The van der Waals surface area contributed by atoms with Crippen LogP contribution in [0.4, 0.5) is 18.9 Å².